The van der Waals surface area contributed by atoms with E-state index in [4.69, 9.17) is 4.74 Å². The molecule has 1 atom stereocenters. The Morgan fingerprint density at radius 2 is 2.19 bits per heavy atom. The van der Waals surface area contributed by atoms with E-state index in [2.05, 4.69) is 13.8 Å². The summed E-state index contributed by atoms with van der Waals surface area (Å²) in [6.07, 6.45) is 2.23. The van der Waals surface area contributed by atoms with E-state index in [1.54, 1.807) is 6.07 Å². The molecule has 0 radical (unpaired) electrons. The largest absolute Gasteiger partial charge is 0.462 e. The van der Waals surface area contributed by atoms with E-state index in [-0.39, 0.29) is 5.97 Å². The Labute approximate surface area is 97.6 Å². The predicted octanol–water partition coefficient (Wildman–Crippen LogP) is 3.59. The zero-order chi connectivity index (χ0) is 12.0. The van der Waals surface area contributed by atoms with Crippen LogP contribution in [0.4, 0.5) is 0 Å². The van der Waals surface area contributed by atoms with Crippen LogP contribution in [0.1, 0.15) is 42.6 Å². The number of hydrogen-bond acceptors (Lipinski definition) is 2. The smallest absolute Gasteiger partial charge is 0.338 e. The van der Waals surface area contributed by atoms with Crippen LogP contribution < -0.4 is 0 Å². The number of rotatable bonds is 5. The van der Waals surface area contributed by atoms with Crippen molar-refractivity contribution in [3.63, 3.8) is 0 Å². The highest BCUT2D eigenvalue weighted by atomic mass is 16.5. The third kappa shape index (κ3) is 4.05. The molecule has 0 fully saturated rings. The van der Waals surface area contributed by atoms with Crippen molar-refractivity contribution in [3.05, 3.63) is 35.4 Å². The molecule has 0 aliphatic rings. The summed E-state index contributed by atoms with van der Waals surface area (Å²) in [4.78, 5) is 11.7. The molecule has 1 rings (SSSR count). The van der Waals surface area contributed by atoms with Gasteiger partial charge in [0.25, 0.3) is 0 Å². The second-order valence-electron chi connectivity index (χ2n) is 4.36. The van der Waals surface area contributed by atoms with Crippen molar-refractivity contribution in [1.29, 1.82) is 0 Å². The molecule has 88 valence electrons. The lowest BCUT2D eigenvalue weighted by Gasteiger charge is -2.10. The summed E-state index contributed by atoms with van der Waals surface area (Å²) in [7, 11) is 0. The van der Waals surface area contributed by atoms with Crippen LogP contribution in [-0.2, 0) is 4.74 Å². The lowest BCUT2D eigenvalue weighted by atomic mass is 10.1. The van der Waals surface area contributed by atoms with Crippen molar-refractivity contribution in [2.45, 2.75) is 33.6 Å². The molecule has 2 heteroatoms. The molecule has 0 amide bonds. The van der Waals surface area contributed by atoms with Gasteiger partial charge in [-0.25, -0.2) is 4.79 Å². The van der Waals surface area contributed by atoms with E-state index in [1.165, 1.54) is 0 Å². The third-order valence-corrected chi connectivity index (χ3v) is 2.53. The summed E-state index contributed by atoms with van der Waals surface area (Å²) in [6.45, 7) is 6.73. The summed E-state index contributed by atoms with van der Waals surface area (Å²) in [6, 6.07) is 7.49. The van der Waals surface area contributed by atoms with E-state index in [0.29, 0.717) is 18.1 Å². The molecule has 16 heavy (non-hydrogen) atoms. The molecule has 0 heterocycles. The third-order valence-electron chi connectivity index (χ3n) is 2.53. The maximum absolute atomic E-state index is 11.7. The Morgan fingerprint density at radius 1 is 1.44 bits per heavy atom. The molecule has 0 N–H and O–H groups in total. The van der Waals surface area contributed by atoms with Gasteiger partial charge in [-0.3, -0.25) is 0 Å². The lowest BCUT2D eigenvalue weighted by Crippen LogP contribution is -2.12. The zero-order valence-electron chi connectivity index (χ0n) is 10.3. The molecule has 0 aromatic heterocycles. The molecule has 1 aromatic rings. The molecule has 0 saturated carbocycles. The van der Waals surface area contributed by atoms with Crippen LogP contribution >= 0.6 is 0 Å². The summed E-state index contributed by atoms with van der Waals surface area (Å²) in [5.74, 6) is 0.227. The van der Waals surface area contributed by atoms with E-state index in [0.717, 1.165) is 18.4 Å². The van der Waals surface area contributed by atoms with Gasteiger partial charge in [0.15, 0.2) is 0 Å². The first kappa shape index (κ1) is 12.8. The first-order chi connectivity index (χ1) is 7.63. The number of aryl methyl sites for hydroxylation is 1. The Balaban J connectivity index is 2.47. The molecule has 2 nitrogen and oxygen atoms in total. The molecule has 0 bridgehead atoms. The summed E-state index contributed by atoms with van der Waals surface area (Å²) >= 11 is 0. The molecular weight excluding hydrogens is 200 g/mol. The van der Waals surface area contributed by atoms with Crippen molar-refractivity contribution in [2.75, 3.05) is 6.61 Å². The normalized spacial score (nSPS) is 12.2. The van der Waals surface area contributed by atoms with Crippen molar-refractivity contribution in [2.24, 2.45) is 5.92 Å². The van der Waals surface area contributed by atoms with Gasteiger partial charge >= 0.3 is 5.97 Å². The van der Waals surface area contributed by atoms with Crippen LogP contribution in [0.5, 0.6) is 0 Å². The van der Waals surface area contributed by atoms with Crippen LogP contribution in [-0.4, -0.2) is 12.6 Å². The van der Waals surface area contributed by atoms with Gasteiger partial charge in [-0.15, -0.1) is 0 Å². The quantitative estimate of drug-likeness (QED) is 0.709. The average Bonchev–Trinajstić information content (AvgIpc) is 2.26. The number of carbonyl (C=O) groups is 1. The second-order valence-corrected chi connectivity index (χ2v) is 4.36. The van der Waals surface area contributed by atoms with E-state index in [1.807, 2.05) is 25.1 Å². The minimum atomic E-state index is -0.216. The van der Waals surface area contributed by atoms with Gasteiger partial charge in [0.2, 0.25) is 0 Å². The van der Waals surface area contributed by atoms with E-state index < -0.39 is 0 Å². The second kappa shape index (κ2) is 6.31. The standard InChI is InChI=1S/C14H20O2/c1-4-6-12(3)10-16-14(15)13-8-5-7-11(2)9-13/h5,7-9,12H,4,6,10H2,1-3H3. The molecule has 1 unspecified atom stereocenters. The van der Waals surface area contributed by atoms with Crippen LogP contribution in [0.3, 0.4) is 0 Å². The van der Waals surface area contributed by atoms with Crippen molar-refractivity contribution in [1.82, 2.24) is 0 Å². The van der Waals surface area contributed by atoms with Gasteiger partial charge in [-0.1, -0.05) is 38.0 Å². The fourth-order valence-electron chi connectivity index (χ4n) is 1.65. The molecule has 0 aliphatic heterocycles. The van der Waals surface area contributed by atoms with E-state index in [9.17, 15) is 4.79 Å². The number of carbonyl (C=O) groups excluding carboxylic acids is 1. The summed E-state index contributed by atoms with van der Waals surface area (Å²) in [5.41, 5.74) is 1.72. The topological polar surface area (TPSA) is 26.3 Å². The van der Waals surface area contributed by atoms with Gasteiger partial charge in [0.1, 0.15) is 0 Å². The highest BCUT2D eigenvalue weighted by Crippen LogP contribution is 2.09. The summed E-state index contributed by atoms with van der Waals surface area (Å²) < 4.78 is 5.26. The van der Waals surface area contributed by atoms with Gasteiger partial charge in [0, 0.05) is 0 Å². The fraction of sp³-hybridized carbons (Fsp3) is 0.500. The number of esters is 1. The first-order valence-electron chi connectivity index (χ1n) is 5.87. The number of hydrogen-bond donors (Lipinski definition) is 0. The van der Waals surface area contributed by atoms with Crippen molar-refractivity contribution >= 4 is 5.97 Å². The predicted molar refractivity (Wildman–Crippen MR) is 65.5 cm³/mol. The zero-order valence-corrected chi connectivity index (χ0v) is 10.3. The molecule has 0 aliphatic carbocycles. The monoisotopic (exact) mass is 220 g/mol. The fourth-order valence-corrected chi connectivity index (χ4v) is 1.65. The Kier molecular flexibility index (Phi) is 5.03. The SMILES string of the molecule is CCCC(C)COC(=O)c1cccc(C)c1. The first-order valence-corrected chi connectivity index (χ1v) is 5.87. The molecule has 1 aromatic carbocycles. The average molecular weight is 220 g/mol. The van der Waals surface area contributed by atoms with Crippen LogP contribution in [0.2, 0.25) is 0 Å². The minimum Gasteiger partial charge on any atom is -0.462 e. The lowest BCUT2D eigenvalue weighted by molar-refractivity contribution is 0.0443. The van der Waals surface area contributed by atoms with Crippen molar-refractivity contribution < 1.29 is 9.53 Å². The maximum atomic E-state index is 11.7. The van der Waals surface area contributed by atoms with Gasteiger partial charge < -0.3 is 4.74 Å². The van der Waals surface area contributed by atoms with Crippen molar-refractivity contribution in [3.8, 4) is 0 Å². The highest BCUT2D eigenvalue weighted by Gasteiger charge is 2.09. The number of ether oxygens (including phenoxy) is 1. The Morgan fingerprint density at radius 3 is 2.81 bits per heavy atom. The van der Waals surface area contributed by atoms with Crippen LogP contribution in [0, 0.1) is 12.8 Å². The van der Waals surface area contributed by atoms with Crippen LogP contribution in [0.25, 0.3) is 0 Å². The Hall–Kier alpha value is -1.31. The highest BCUT2D eigenvalue weighted by molar-refractivity contribution is 5.89. The Bertz CT molecular complexity index is 344. The minimum absolute atomic E-state index is 0.216. The maximum Gasteiger partial charge on any atom is 0.338 e. The van der Waals surface area contributed by atoms with Gasteiger partial charge in [-0.05, 0) is 31.4 Å². The van der Waals surface area contributed by atoms with Gasteiger partial charge in [0.05, 0.1) is 12.2 Å². The van der Waals surface area contributed by atoms with E-state index >= 15 is 0 Å². The van der Waals surface area contributed by atoms with Gasteiger partial charge in [-0.2, -0.15) is 0 Å². The molecule has 0 spiro atoms. The molecule has 0 saturated heterocycles. The number of benzene rings is 1. The summed E-state index contributed by atoms with van der Waals surface area (Å²) in [5, 5.41) is 0. The van der Waals surface area contributed by atoms with Crippen LogP contribution in [0.15, 0.2) is 24.3 Å². The molecular formula is C14H20O2.